The summed E-state index contributed by atoms with van der Waals surface area (Å²) in [5, 5.41) is 3.96. The van der Waals surface area contributed by atoms with E-state index in [2.05, 4.69) is 10.3 Å². The molecule has 2 atom stereocenters. The number of ether oxygens (including phenoxy) is 1. The Bertz CT molecular complexity index is 781. The minimum Gasteiger partial charge on any atom is -0.465 e. The van der Waals surface area contributed by atoms with E-state index in [1.54, 1.807) is 13.8 Å². The molecule has 0 amide bonds. The number of aryl methyl sites for hydroxylation is 1. The van der Waals surface area contributed by atoms with Gasteiger partial charge in [0.1, 0.15) is 0 Å². The monoisotopic (exact) mass is 362 g/mol. The molecule has 0 bridgehead atoms. The third-order valence-corrected chi connectivity index (χ3v) is 4.59. The van der Waals surface area contributed by atoms with Crippen molar-refractivity contribution in [1.82, 2.24) is 10.3 Å². The topological polar surface area (TPSA) is 71.2 Å². The van der Waals surface area contributed by atoms with Crippen LogP contribution < -0.4 is 5.32 Å². The summed E-state index contributed by atoms with van der Waals surface area (Å²) in [6.45, 7) is 7.30. The SMILES string of the molecule is COC(=O)c1c(C)[nH]c(C(=O)[C@H](C)N[C@H](C)c2ccc(Cl)cc2)c1C. The quantitative estimate of drug-likeness (QED) is 0.602. The van der Waals surface area contributed by atoms with Gasteiger partial charge in [0.25, 0.3) is 0 Å². The predicted molar refractivity (Wildman–Crippen MR) is 98.4 cm³/mol. The molecule has 0 aliphatic carbocycles. The summed E-state index contributed by atoms with van der Waals surface area (Å²) in [7, 11) is 1.33. The minimum absolute atomic E-state index is 0.0207. The lowest BCUT2D eigenvalue weighted by molar-refractivity contribution is 0.0599. The summed E-state index contributed by atoms with van der Waals surface area (Å²) in [6, 6.07) is 7.05. The Balaban J connectivity index is 2.17. The molecule has 5 nitrogen and oxygen atoms in total. The Kier molecular flexibility index (Phi) is 6.03. The molecule has 0 radical (unpaired) electrons. The molecule has 0 aliphatic rings. The molecule has 1 aromatic heterocycles. The van der Waals surface area contributed by atoms with Crippen molar-refractivity contribution in [2.45, 2.75) is 39.8 Å². The number of aromatic amines is 1. The molecule has 1 aromatic carbocycles. The van der Waals surface area contributed by atoms with Crippen molar-refractivity contribution in [1.29, 1.82) is 0 Å². The number of aromatic nitrogens is 1. The second-order valence-corrected chi connectivity index (χ2v) is 6.58. The molecule has 134 valence electrons. The van der Waals surface area contributed by atoms with Gasteiger partial charge in [-0.2, -0.15) is 0 Å². The van der Waals surface area contributed by atoms with Crippen molar-refractivity contribution in [2.24, 2.45) is 0 Å². The lowest BCUT2D eigenvalue weighted by Crippen LogP contribution is -2.36. The standard InChI is InChI=1S/C19H23ClN2O3/c1-10-16(19(24)25-5)12(3)22-17(10)18(23)13(4)21-11(2)14-6-8-15(20)9-7-14/h6-9,11,13,21-22H,1-5H3/t11-,13+/m1/s1. The number of nitrogens with one attached hydrogen (secondary N) is 2. The van der Waals surface area contributed by atoms with E-state index in [9.17, 15) is 9.59 Å². The van der Waals surface area contributed by atoms with Crippen LogP contribution >= 0.6 is 11.6 Å². The molecule has 1 heterocycles. The highest BCUT2D eigenvalue weighted by Gasteiger charge is 2.26. The van der Waals surface area contributed by atoms with Crippen LogP contribution in [0.3, 0.4) is 0 Å². The first-order chi connectivity index (χ1) is 11.8. The van der Waals surface area contributed by atoms with E-state index >= 15 is 0 Å². The molecule has 2 aromatic rings. The molecular formula is C19H23ClN2O3. The highest BCUT2D eigenvalue weighted by Crippen LogP contribution is 2.21. The van der Waals surface area contributed by atoms with E-state index in [4.69, 9.17) is 16.3 Å². The highest BCUT2D eigenvalue weighted by atomic mass is 35.5. The van der Waals surface area contributed by atoms with Crippen molar-refractivity contribution in [3.05, 3.63) is 57.4 Å². The average molecular weight is 363 g/mol. The molecule has 0 saturated heterocycles. The van der Waals surface area contributed by atoms with E-state index in [-0.39, 0.29) is 11.8 Å². The number of rotatable bonds is 6. The summed E-state index contributed by atoms with van der Waals surface area (Å²) in [5.41, 5.74) is 3.14. The van der Waals surface area contributed by atoms with Crippen LogP contribution in [0.2, 0.25) is 5.02 Å². The largest absolute Gasteiger partial charge is 0.465 e. The first kappa shape index (κ1) is 19.2. The third kappa shape index (κ3) is 4.11. The van der Waals surface area contributed by atoms with Gasteiger partial charge in [-0.15, -0.1) is 0 Å². The van der Waals surface area contributed by atoms with E-state index < -0.39 is 12.0 Å². The number of hydrogen-bond donors (Lipinski definition) is 2. The highest BCUT2D eigenvalue weighted by molar-refractivity contribution is 6.30. The van der Waals surface area contributed by atoms with Crippen LogP contribution in [0.1, 0.15) is 57.6 Å². The van der Waals surface area contributed by atoms with E-state index in [0.717, 1.165) is 5.56 Å². The fraction of sp³-hybridized carbons (Fsp3) is 0.368. The van der Waals surface area contributed by atoms with Gasteiger partial charge in [-0.25, -0.2) is 4.79 Å². The van der Waals surface area contributed by atoms with Gasteiger partial charge in [0.2, 0.25) is 0 Å². The van der Waals surface area contributed by atoms with Crippen LogP contribution in [0.25, 0.3) is 0 Å². The number of Topliss-reactive ketones (excluding diaryl/α,β-unsaturated/α-hetero) is 1. The maximum Gasteiger partial charge on any atom is 0.339 e. The van der Waals surface area contributed by atoms with Gasteiger partial charge in [0, 0.05) is 16.8 Å². The maximum absolute atomic E-state index is 12.8. The lowest BCUT2D eigenvalue weighted by atomic mass is 10.0. The van der Waals surface area contributed by atoms with Crippen LogP contribution in [0.15, 0.2) is 24.3 Å². The number of benzene rings is 1. The third-order valence-electron chi connectivity index (χ3n) is 4.34. The number of ketones is 1. The maximum atomic E-state index is 12.8. The molecule has 2 rings (SSSR count). The zero-order chi connectivity index (χ0) is 18.7. The summed E-state index contributed by atoms with van der Waals surface area (Å²) in [5.74, 6) is -0.544. The van der Waals surface area contributed by atoms with Crippen LogP contribution in [0.5, 0.6) is 0 Å². The molecule has 25 heavy (non-hydrogen) atoms. The molecular weight excluding hydrogens is 340 g/mol. The first-order valence-electron chi connectivity index (χ1n) is 8.09. The Labute approximate surface area is 152 Å². The molecule has 0 spiro atoms. The number of carbonyl (C=O) groups excluding carboxylic acids is 2. The van der Waals surface area contributed by atoms with Crippen molar-refractivity contribution in [2.75, 3.05) is 7.11 Å². The average Bonchev–Trinajstić information content (AvgIpc) is 2.88. The fourth-order valence-corrected chi connectivity index (χ4v) is 3.05. The normalized spacial score (nSPS) is 13.4. The van der Waals surface area contributed by atoms with Crippen molar-refractivity contribution in [3.8, 4) is 0 Å². The summed E-state index contributed by atoms with van der Waals surface area (Å²) < 4.78 is 4.79. The van der Waals surface area contributed by atoms with Gasteiger partial charge in [-0.05, 0) is 51.0 Å². The van der Waals surface area contributed by atoms with Crippen LogP contribution in [-0.2, 0) is 4.74 Å². The number of methoxy groups -OCH3 is 1. The van der Waals surface area contributed by atoms with Gasteiger partial charge in [0.15, 0.2) is 5.78 Å². The van der Waals surface area contributed by atoms with E-state index in [1.807, 2.05) is 38.1 Å². The Morgan fingerprint density at radius 3 is 2.32 bits per heavy atom. The second kappa shape index (κ2) is 7.85. The number of H-pyrrole nitrogens is 1. The van der Waals surface area contributed by atoms with Crippen LogP contribution in [-0.4, -0.2) is 29.9 Å². The van der Waals surface area contributed by atoms with Crippen molar-refractivity contribution < 1.29 is 14.3 Å². The first-order valence-corrected chi connectivity index (χ1v) is 8.47. The second-order valence-electron chi connectivity index (χ2n) is 6.14. The van der Waals surface area contributed by atoms with Gasteiger partial charge >= 0.3 is 5.97 Å². The zero-order valence-corrected chi connectivity index (χ0v) is 15.8. The molecule has 6 heteroatoms. The zero-order valence-electron chi connectivity index (χ0n) is 15.1. The van der Waals surface area contributed by atoms with Crippen molar-refractivity contribution >= 4 is 23.4 Å². The lowest BCUT2D eigenvalue weighted by Gasteiger charge is -2.19. The van der Waals surface area contributed by atoms with Gasteiger partial charge in [0.05, 0.1) is 24.4 Å². The van der Waals surface area contributed by atoms with Crippen LogP contribution in [0, 0.1) is 13.8 Å². The van der Waals surface area contributed by atoms with Gasteiger partial charge < -0.3 is 15.0 Å². The smallest absolute Gasteiger partial charge is 0.339 e. The minimum atomic E-state index is -0.444. The Morgan fingerprint density at radius 1 is 1.16 bits per heavy atom. The van der Waals surface area contributed by atoms with E-state index in [0.29, 0.717) is 27.5 Å². The number of carbonyl (C=O) groups is 2. The molecule has 0 aliphatic heterocycles. The van der Waals surface area contributed by atoms with Crippen LogP contribution in [0.4, 0.5) is 0 Å². The molecule has 0 unspecified atom stereocenters. The number of halogens is 1. The summed E-state index contributed by atoms with van der Waals surface area (Å²) >= 11 is 5.91. The molecule has 0 saturated carbocycles. The summed E-state index contributed by atoms with van der Waals surface area (Å²) in [4.78, 5) is 27.7. The number of hydrogen-bond acceptors (Lipinski definition) is 4. The Hall–Kier alpha value is -2.11. The van der Waals surface area contributed by atoms with Gasteiger partial charge in [-0.3, -0.25) is 4.79 Å². The van der Waals surface area contributed by atoms with Crippen molar-refractivity contribution in [3.63, 3.8) is 0 Å². The predicted octanol–water partition coefficient (Wildman–Crippen LogP) is 3.99. The number of esters is 1. The van der Waals surface area contributed by atoms with Gasteiger partial charge in [-0.1, -0.05) is 23.7 Å². The Morgan fingerprint density at radius 2 is 1.76 bits per heavy atom. The summed E-state index contributed by atoms with van der Waals surface area (Å²) in [6.07, 6.45) is 0. The fourth-order valence-electron chi connectivity index (χ4n) is 2.92. The molecule has 2 N–H and O–H groups in total. The molecule has 0 fully saturated rings. The van der Waals surface area contributed by atoms with E-state index in [1.165, 1.54) is 7.11 Å².